The number of carbonyl (C=O) groups is 2. The molecular formula is C20H34N2O2. The molecule has 0 radical (unpaired) electrons. The lowest BCUT2D eigenvalue weighted by molar-refractivity contribution is -0.122. The molecule has 4 heteroatoms. The van der Waals surface area contributed by atoms with E-state index in [-0.39, 0.29) is 17.9 Å². The van der Waals surface area contributed by atoms with Gasteiger partial charge in [-0.3, -0.25) is 9.59 Å². The van der Waals surface area contributed by atoms with Gasteiger partial charge in [0.05, 0.1) is 0 Å². The molecular weight excluding hydrogens is 300 g/mol. The summed E-state index contributed by atoms with van der Waals surface area (Å²) in [4.78, 5) is 23.5. The molecule has 0 bridgehead atoms. The molecule has 4 nitrogen and oxygen atoms in total. The number of carbonyl (C=O) groups excluding carboxylic acids is 2. The van der Waals surface area contributed by atoms with Gasteiger partial charge < -0.3 is 10.6 Å². The molecule has 0 fully saturated rings. The number of hydrogen-bond acceptors (Lipinski definition) is 2. The van der Waals surface area contributed by atoms with E-state index < -0.39 is 0 Å². The minimum absolute atomic E-state index is 0.0569. The fraction of sp³-hybridized carbons (Fsp3) is 0.700. The van der Waals surface area contributed by atoms with Gasteiger partial charge in [0, 0.05) is 19.0 Å². The molecule has 1 aliphatic heterocycles. The van der Waals surface area contributed by atoms with Crippen molar-refractivity contribution < 1.29 is 9.59 Å². The summed E-state index contributed by atoms with van der Waals surface area (Å²) in [7, 11) is 0. The summed E-state index contributed by atoms with van der Waals surface area (Å²) in [5, 5.41) is 6.03. The maximum Gasteiger partial charge on any atom is 0.243 e. The van der Waals surface area contributed by atoms with E-state index in [9.17, 15) is 9.59 Å². The summed E-state index contributed by atoms with van der Waals surface area (Å²) < 4.78 is 0. The van der Waals surface area contributed by atoms with Crippen LogP contribution < -0.4 is 10.6 Å². The Bertz CT molecular complexity index is 416. The zero-order valence-corrected chi connectivity index (χ0v) is 15.2. The Kier molecular flexibility index (Phi) is 11.8. The lowest BCUT2D eigenvalue weighted by Crippen LogP contribution is -2.35. The molecule has 1 aliphatic rings. The lowest BCUT2D eigenvalue weighted by Gasteiger charge is -2.18. The van der Waals surface area contributed by atoms with Crippen LogP contribution in [0.15, 0.2) is 24.3 Å². The van der Waals surface area contributed by atoms with Gasteiger partial charge in [-0.1, -0.05) is 44.4 Å². The van der Waals surface area contributed by atoms with Gasteiger partial charge >= 0.3 is 0 Å². The van der Waals surface area contributed by atoms with Gasteiger partial charge in [0.15, 0.2) is 0 Å². The second-order valence-electron chi connectivity index (χ2n) is 6.54. The standard InChI is InChI=1S/C20H34N2O2/c1-2-3-4-5-6-7-8-9-13-18-14-12-17-21-19(23)15-10-11-16-20(24)22-18/h7-8,10,15,18H,2-6,9,11-14,16-17H2,1H3,(H,21,23)(H,22,24)/b8-7+,15-10+. The molecule has 0 aliphatic carbocycles. The topological polar surface area (TPSA) is 58.2 Å². The van der Waals surface area contributed by atoms with Crippen LogP contribution in [0.2, 0.25) is 0 Å². The van der Waals surface area contributed by atoms with E-state index in [2.05, 4.69) is 29.7 Å². The van der Waals surface area contributed by atoms with Gasteiger partial charge in [0.1, 0.15) is 0 Å². The minimum atomic E-state index is -0.0569. The van der Waals surface area contributed by atoms with Crippen molar-refractivity contribution in [2.24, 2.45) is 0 Å². The van der Waals surface area contributed by atoms with Gasteiger partial charge in [-0.05, 0) is 51.0 Å². The highest BCUT2D eigenvalue weighted by Crippen LogP contribution is 2.09. The molecule has 0 saturated heterocycles. The van der Waals surface area contributed by atoms with Gasteiger partial charge in [-0.15, -0.1) is 0 Å². The highest BCUT2D eigenvalue weighted by molar-refractivity contribution is 5.87. The zero-order valence-electron chi connectivity index (χ0n) is 15.2. The molecule has 0 aromatic heterocycles. The van der Waals surface area contributed by atoms with Crippen LogP contribution in [0.1, 0.15) is 77.6 Å². The predicted octanol–water partition coefficient (Wildman–Crippen LogP) is 4.02. The second-order valence-corrected chi connectivity index (χ2v) is 6.54. The average Bonchev–Trinajstić information content (AvgIpc) is 2.56. The Hall–Kier alpha value is -1.58. The lowest BCUT2D eigenvalue weighted by atomic mass is 10.0. The Morgan fingerprint density at radius 1 is 1.17 bits per heavy atom. The fourth-order valence-electron chi connectivity index (χ4n) is 2.83. The molecule has 1 rings (SSSR count). The molecule has 136 valence electrons. The number of unbranched alkanes of at least 4 members (excludes halogenated alkanes) is 4. The first-order chi connectivity index (χ1) is 11.7. The van der Waals surface area contributed by atoms with E-state index in [0.717, 1.165) is 32.1 Å². The Balaban J connectivity index is 2.30. The van der Waals surface area contributed by atoms with E-state index in [0.29, 0.717) is 19.4 Å². The monoisotopic (exact) mass is 334 g/mol. The first-order valence-electron chi connectivity index (χ1n) is 9.61. The third-order valence-corrected chi connectivity index (χ3v) is 4.27. The van der Waals surface area contributed by atoms with Crippen LogP contribution in [0.5, 0.6) is 0 Å². The summed E-state index contributed by atoms with van der Waals surface area (Å²) >= 11 is 0. The van der Waals surface area contributed by atoms with Crippen molar-refractivity contribution in [2.75, 3.05) is 6.54 Å². The summed E-state index contributed by atoms with van der Waals surface area (Å²) in [5.41, 5.74) is 0. The van der Waals surface area contributed by atoms with Crippen LogP contribution in [0.25, 0.3) is 0 Å². The molecule has 0 saturated carbocycles. The van der Waals surface area contributed by atoms with Crippen LogP contribution in [0.4, 0.5) is 0 Å². The highest BCUT2D eigenvalue weighted by atomic mass is 16.2. The summed E-state index contributed by atoms with van der Waals surface area (Å²) in [5.74, 6) is 0.0349. The molecule has 24 heavy (non-hydrogen) atoms. The first-order valence-corrected chi connectivity index (χ1v) is 9.61. The van der Waals surface area contributed by atoms with Gasteiger partial charge in [-0.25, -0.2) is 0 Å². The van der Waals surface area contributed by atoms with Crippen molar-refractivity contribution in [2.45, 2.75) is 83.6 Å². The molecule has 1 unspecified atom stereocenters. The SMILES string of the molecule is CCCCCC/C=C/CCC1CCCNC(=O)/C=C/CCC(=O)N1. The zero-order chi connectivity index (χ0) is 17.5. The number of nitrogens with one attached hydrogen (secondary N) is 2. The number of allylic oxidation sites excluding steroid dienone is 3. The highest BCUT2D eigenvalue weighted by Gasteiger charge is 2.12. The summed E-state index contributed by atoms with van der Waals surface area (Å²) in [6.07, 6.45) is 19.0. The normalized spacial score (nSPS) is 21.6. The van der Waals surface area contributed by atoms with Crippen molar-refractivity contribution >= 4 is 11.8 Å². The smallest absolute Gasteiger partial charge is 0.243 e. The van der Waals surface area contributed by atoms with Crippen LogP contribution in [0.3, 0.4) is 0 Å². The van der Waals surface area contributed by atoms with Crippen molar-refractivity contribution in [3.63, 3.8) is 0 Å². The van der Waals surface area contributed by atoms with Crippen LogP contribution >= 0.6 is 0 Å². The number of amides is 2. The van der Waals surface area contributed by atoms with Gasteiger partial charge in [0.2, 0.25) is 11.8 Å². The number of rotatable bonds is 8. The molecule has 0 spiro atoms. The Morgan fingerprint density at radius 2 is 2.00 bits per heavy atom. The predicted molar refractivity (Wildman–Crippen MR) is 99.7 cm³/mol. The second kappa shape index (κ2) is 13.8. The van der Waals surface area contributed by atoms with E-state index in [1.54, 1.807) is 6.08 Å². The molecule has 0 aromatic rings. The molecule has 0 aromatic carbocycles. The molecule has 1 heterocycles. The number of hydrogen-bond donors (Lipinski definition) is 2. The van der Waals surface area contributed by atoms with Crippen molar-refractivity contribution in [1.29, 1.82) is 0 Å². The van der Waals surface area contributed by atoms with Crippen LogP contribution in [-0.4, -0.2) is 24.4 Å². The van der Waals surface area contributed by atoms with E-state index in [1.165, 1.54) is 31.8 Å². The first kappa shape index (κ1) is 20.5. The summed E-state index contributed by atoms with van der Waals surface area (Å²) in [6, 6.07) is 0.211. The quantitative estimate of drug-likeness (QED) is 0.520. The fourth-order valence-corrected chi connectivity index (χ4v) is 2.83. The molecule has 2 N–H and O–H groups in total. The van der Waals surface area contributed by atoms with Crippen LogP contribution in [0, 0.1) is 0 Å². The van der Waals surface area contributed by atoms with E-state index in [1.807, 2.05) is 0 Å². The van der Waals surface area contributed by atoms with Crippen LogP contribution in [-0.2, 0) is 9.59 Å². The molecule has 1 atom stereocenters. The largest absolute Gasteiger partial charge is 0.353 e. The molecule has 2 amide bonds. The maximum absolute atomic E-state index is 12.0. The minimum Gasteiger partial charge on any atom is -0.353 e. The third-order valence-electron chi connectivity index (χ3n) is 4.27. The maximum atomic E-state index is 12.0. The Morgan fingerprint density at radius 3 is 2.83 bits per heavy atom. The Labute approximate surface area is 147 Å². The van der Waals surface area contributed by atoms with Crippen molar-refractivity contribution in [3.05, 3.63) is 24.3 Å². The van der Waals surface area contributed by atoms with Crippen molar-refractivity contribution in [1.82, 2.24) is 10.6 Å². The summed E-state index contributed by atoms with van der Waals surface area (Å²) in [6.45, 7) is 2.90. The third kappa shape index (κ3) is 11.0. The van der Waals surface area contributed by atoms with Gasteiger partial charge in [-0.2, -0.15) is 0 Å². The van der Waals surface area contributed by atoms with Gasteiger partial charge in [0.25, 0.3) is 0 Å². The van der Waals surface area contributed by atoms with E-state index >= 15 is 0 Å². The average molecular weight is 335 g/mol. The van der Waals surface area contributed by atoms with Crippen molar-refractivity contribution in [3.8, 4) is 0 Å². The van der Waals surface area contributed by atoms with E-state index in [4.69, 9.17) is 0 Å².